The van der Waals surface area contributed by atoms with Gasteiger partial charge in [0.15, 0.2) is 0 Å². The van der Waals surface area contributed by atoms with E-state index in [0.717, 1.165) is 6.07 Å². The highest BCUT2D eigenvalue weighted by Gasteiger charge is 2.23. The number of aliphatic hydroxyl groups excluding tert-OH is 1. The SMILES string of the molecule is CNC(=O)C(CO)NS(=O)(=O)Cc1ccc(F)c(Cl)c1. The van der Waals surface area contributed by atoms with Gasteiger partial charge in [-0.1, -0.05) is 17.7 Å². The number of hydrogen-bond donors (Lipinski definition) is 3. The van der Waals surface area contributed by atoms with E-state index in [4.69, 9.17) is 16.7 Å². The van der Waals surface area contributed by atoms with Crippen molar-refractivity contribution in [1.82, 2.24) is 10.0 Å². The van der Waals surface area contributed by atoms with Crippen molar-refractivity contribution >= 4 is 27.5 Å². The summed E-state index contributed by atoms with van der Waals surface area (Å²) in [6.07, 6.45) is 0. The molecule has 0 heterocycles. The average molecular weight is 325 g/mol. The summed E-state index contributed by atoms with van der Waals surface area (Å²) in [4.78, 5) is 11.3. The minimum Gasteiger partial charge on any atom is -0.394 e. The Balaban J connectivity index is 2.83. The van der Waals surface area contributed by atoms with Crippen molar-refractivity contribution in [3.8, 4) is 0 Å². The first-order chi connectivity index (χ1) is 9.29. The molecule has 0 bridgehead atoms. The van der Waals surface area contributed by atoms with E-state index < -0.39 is 40.1 Å². The second-order valence-corrected chi connectivity index (χ2v) is 6.14. The molecule has 6 nitrogen and oxygen atoms in total. The van der Waals surface area contributed by atoms with Crippen molar-refractivity contribution in [3.05, 3.63) is 34.6 Å². The average Bonchev–Trinajstić information content (AvgIpc) is 2.39. The molecule has 1 aromatic carbocycles. The monoisotopic (exact) mass is 324 g/mol. The van der Waals surface area contributed by atoms with E-state index in [2.05, 4.69) is 5.32 Å². The zero-order valence-electron chi connectivity index (χ0n) is 10.6. The number of hydrogen-bond acceptors (Lipinski definition) is 4. The Morgan fingerprint density at radius 2 is 2.15 bits per heavy atom. The lowest BCUT2D eigenvalue weighted by molar-refractivity contribution is -0.123. The molecule has 1 aromatic rings. The molecule has 0 saturated carbocycles. The second kappa shape index (κ2) is 6.98. The van der Waals surface area contributed by atoms with Crippen LogP contribution in [-0.4, -0.2) is 39.1 Å². The highest BCUT2D eigenvalue weighted by Crippen LogP contribution is 2.17. The Morgan fingerprint density at radius 3 is 2.65 bits per heavy atom. The third kappa shape index (κ3) is 4.71. The van der Waals surface area contributed by atoms with E-state index >= 15 is 0 Å². The second-order valence-electron chi connectivity index (χ2n) is 3.97. The lowest BCUT2D eigenvalue weighted by Crippen LogP contribution is -2.48. The number of aliphatic hydroxyl groups is 1. The summed E-state index contributed by atoms with van der Waals surface area (Å²) in [5.41, 5.74) is 0.262. The Bertz CT molecular complexity index is 594. The third-order valence-electron chi connectivity index (χ3n) is 2.41. The summed E-state index contributed by atoms with van der Waals surface area (Å²) in [7, 11) is -2.56. The van der Waals surface area contributed by atoms with Crippen LogP contribution >= 0.6 is 11.6 Å². The van der Waals surface area contributed by atoms with Crippen LogP contribution < -0.4 is 10.0 Å². The fraction of sp³-hybridized carbons (Fsp3) is 0.364. The number of carbonyl (C=O) groups excluding carboxylic acids is 1. The Kier molecular flexibility index (Phi) is 5.88. The number of nitrogens with one attached hydrogen (secondary N) is 2. The van der Waals surface area contributed by atoms with Gasteiger partial charge in [-0.3, -0.25) is 4.79 Å². The zero-order valence-corrected chi connectivity index (χ0v) is 12.1. The molecule has 0 fully saturated rings. The minimum atomic E-state index is -3.88. The summed E-state index contributed by atoms with van der Waals surface area (Å²) in [5, 5.41) is 11.0. The molecule has 0 aliphatic carbocycles. The van der Waals surface area contributed by atoms with Gasteiger partial charge < -0.3 is 10.4 Å². The molecule has 3 N–H and O–H groups in total. The molecule has 0 saturated heterocycles. The number of amides is 1. The minimum absolute atomic E-state index is 0.192. The van der Waals surface area contributed by atoms with E-state index in [1.54, 1.807) is 0 Å². The maximum atomic E-state index is 13.0. The van der Waals surface area contributed by atoms with Gasteiger partial charge in [-0.25, -0.2) is 17.5 Å². The Hall–Kier alpha value is -1.22. The predicted molar refractivity (Wildman–Crippen MR) is 72.1 cm³/mol. The Labute approximate surface area is 121 Å². The lowest BCUT2D eigenvalue weighted by atomic mass is 10.2. The van der Waals surface area contributed by atoms with Crippen molar-refractivity contribution in [2.75, 3.05) is 13.7 Å². The number of benzene rings is 1. The quantitative estimate of drug-likeness (QED) is 0.686. The van der Waals surface area contributed by atoms with E-state index in [0.29, 0.717) is 0 Å². The first-order valence-corrected chi connectivity index (χ1v) is 7.58. The lowest BCUT2D eigenvalue weighted by Gasteiger charge is -2.15. The van der Waals surface area contributed by atoms with Gasteiger partial charge in [-0.05, 0) is 17.7 Å². The number of halogens is 2. The summed E-state index contributed by atoms with van der Waals surface area (Å²) in [5.74, 6) is -1.80. The van der Waals surface area contributed by atoms with Gasteiger partial charge in [0.2, 0.25) is 15.9 Å². The van der Waals surface area contributed by atoms with Crippen molar-refractivity contribution in [3.63, 3.8) is 0 Å². The largest absolute Gasteiger partial charge is 0.394 e. The molecule has 1 amide bonds. The van der Waals surface area contributed by atoms with Crippen LogP contribution in [0.4, 0.5) is 4.39 Å². The van der Waals surface area contributed by atoms with Gasteiger partial charge >= 0.3 is 0 Å². The van der Waals surface area contributed by atoms with Crippen LogP contribution in [0.2, 0.25) is 5.02 Å². The standard InChI is InChI=1S/C11H14ClFN2O4S/c1-14-11(17)10(5-16)15-20(18,19)6-7-2-3-9(13)8(12)4-7/h2-4,10,15-16H,5-6H2,1H3,(H,14,17). The van der Waals surface area contributed by atoms with Crippen molar-refractivity contribution < 1.29 is 22.7 Å². The fourth-order valence-electron chi connectivity index (χ4n) is 1.46. The van der Waals surface area contributed by atoms with Crippen molar-refractivity contribution in [1.29, 1.82) is 0 Å². The molecular weight excluding hydrogens is 311 g/mol. The first kappa shape index (κ1) is 16.8. The maximum Gasteiger partial charge on any atom is 0.240 e. The van der Waals surface area contributed by atoms with Gasteiger partial charge in [0.25, 0.3) is 0 Å². The van der Waals surface area contributed by atoms with Crippen LogP contribution in [0, 0.1) is 5.82 Å². The molecule has 0 spiro atoms. The van der Waals surface area contributed by atoms with Crippen molar-refractivity contribution in [2.45, 2.75) is 11.8 Å². The van der Waals surface area contributed by atoms with Crippen LogP contribution in [0.5, 0.6) is 0 Å². The fourth-order valence-corrected chi connectivity index (χ4v) is 2.98. The molecule has 1 rings (SSSR count). The number of carbonyl (C=O) groups is 1. The molecule has 0 aromatic heterocycles. The van der Waals surface area contributed by atoms with E-state index in [-0.39, 0.29) is 10.6 Å². The molecule has 0 aliphatic heterocycles. The molecule has 0 radical (unpaired) electrons. The molecule has 1 atom stereocenters. The molecular formula is C11H14ClFN2O4S. The van der Waals surface area contributed by atoms with Gasteiger partial charge in [0.05, 0.1) is 17.4 Å². The number of sulfonamides is 1. The van der Waals surface area contributed by atoms with Crippen LogP contribution in [-0.2, 0) is 20.6 Å². The maximum absolute atomic E-state index is 13.0. The van der Waals surface area contributed by atoms with E-state index in [1.807, 2.05) is 4.72 Å². The van der Waals surface area contributed by atoms with Gasteiger partial charge in [-0.2, -0.15) is 0 Å². The highest BCUT2D eigenvalue weighted by molar-refractivity contribution is 7.88. The molecule has 112 valence electrons. The molecule has 9 heteroatoms. The first-order valence-electron chi connectivity index (χ1n) is 5.55. The van der Waals surface area contributed by atoms with Gasteiger partial charge in [0.1, 0.15) is 11.9 Å². The van der Waals surface area contributed by atoms with E-state index in [1.165, 1.54) is 19.2 Å². The van der Waals surface area contributed by atoms with Gasteiger partial charge in [0, 0.05) is 7.05 Å². The Morgan fingerprint density at radius 1 is 1.50 bits per heavy atom. The third-order valence-corrected chi connectivity index (χ3v) is 4.05. The van der Waals surface area contributed by atoms with Crippen LogP contribution in [0.15, 0.2) is 18.2 Å². The number of rotatable bonds is 6. The molecule has 0 aliphatic rings. The smallest absolute Gasteiger partial charge is 0.240 e. The summed E-state index contributed by atoms with van der Waals surface area (Å²) in [6, 6.07) is 2.23. The zero-order chi connectivity index (χ0) is 15.3. The van der Waals surface area contributed by atoms with Crippen LogP contribution in [0.3, 0.4) is 0 Å². The number of likely N-dealkylation sites (N-methyl/N-ethyl adjacent to an activating group) is 1. The van der Waals surface area contributed by atoms with Crippen LogP contribution in [0.1, 0.15) is 5.56 Å². The van der Waals surface area contributed by atoms with Crippen molar-refractivity contribution in [2.24, 2.45) is 0 Å². The summed E-state index contributed by atoms with van der Waals surface area (Å²) < 4.78 is 38.7. The molecule has 20 heavy (non-hydrogen) atoms. The molecule has 1 unspecified atom stereocenters. The summed E-state index contributed by atoms with van der Waals surface area (Å²) in [6.45, 7) is -0.678. The van der Waals surface area contributed by atoms with Gasteiger partial charge in [-0.15, -0.1) is 0 Å². The highest BCUT2D eigenvalue weighted by atomic mass is 35.5. The van der Waals surface area contributed by atoms with Crippen LogP contribution in [0.25, 0.3) is 0 Å². The summed E-state index contributed by atoms with van der Waals surface area (Å²) >= 11 is 5.55. The normalized spacial score (nSPS) is 13.0. The predicted octanol–water partition coefficient (Wildman–Crippen LogP) is 0.00540. The topological polar surface area (TPSA) is 95.5 Å². The van der Waals surface area contributed by atoms with E-state index in [9.17, 15) is 17.6 Å².